The Kier molecular flexibility index (Phi) is 5.05. The SMILES string of the molecule is CCC(=O)Nc1ccc(Cl)c(NCC2CCOC2)c1. The predicted molar refractivity (Wildman–Crippen MR) is 77.8 cm³/mol. The highest BCUT2D eigenvalue weighted by Gasteiger charge is 2.15. The lowest BCUT2D eigenvalue weighted by Gasteiger charge is -2.13. The van der Waals surface area contributed by atoms with Crippen LogP contribution in [0.1, 0.15) is 19.8 Å². The average Bonchev–Trinajstić information content (AvgIpc) is 2.92. The molecule has 1 aliphatic heterocycles. The van der Waals surface area contributed by atoms with Crippen molar-refractivity contribution < 1.29 is 9.53 Å². The van der Waals surface area contributed by atoms with Gasteiger partial charge in [0.05, 0.1) is 17.3 Å². The molecule has 1 saturated heterocycles. The molecule has 0 bridgehead atoms. The molecule has 4 nitrogen and oxygen atoms in total. The summed E-state index contributed by atoms with van der Waals surface area (Å²) in [6, 6.07) is 5.46. The minimum Gasteiger partial charge on any atom is -0.383 e. The molecule has 1 atom stereocenters. The van der Waals surface area contributed by atoms with Crippen LogP contribution in [0.3, 0.4) is 0 Å². The summed E-state index contributed by atoms with van der Waals surface area (Å²) in [6.07, 6.45) is 1.54. The van der Waals surface area contributed by atoms with Crippen molar-refractivity contribution in [3.63, 3.8) is 0 Å². The fraction of sp³-hybridized carbons (Fsp3) is 0.500. The molecule has 0 aliphatic carbocycles. The number of rotatable bonds is 5. The number of halogens is 1. The molecular formula is C14H19ClN2O2. The number of anilines is 2. The van der Waals surface area contributed by atoms with E-state index in [1.54, 1.807) is 12.1 Å². The van der Waals surface area contributed by atoms with Crippen molar-refractivity contribution in [2.24, 2.45) is 5.92 Å². The van der Waals surface area contributed by atoms with Crippen LogP contribution in [0.25, 0.3) is 0 Å². The van der Waals surface area contributed by atoms with Gasteiger partial charge in [-0.3, -0.25) is 4.79 Å². The Labute approximate surface area is 118 Å². The van der Waals surface area contributed by atoms with Crippen LogP contribution in [0.2, 0.25) is 5.02 Å². The van der Waals surface area contributed by atoms with Crippen LogP contribution in [0.5, 0.6) is 0 Å². The maximum Gasteiger partial charge on any atom is 0.224 e. The van der Waals surface area contributed by atoms with Crippen LogP contribution in [0, 0.1) is 5.92 Å². The van der Waals surface area contributed by atoms with Crippen molar-refractivity contribution in [1.82, 2.24) is 0 Å². The summed E-state index contributed by atoms with van der Waals surface area (Å²) >= 11 is 6.15. The molecule has 1 aromatic rings. The van der Waals surface area contributed by atoms with Gasteiger partial charge in [-0.25, -0.2) is 0 Å². The standard InChI is InChI=1S/C14H19ClN2O2/c1-2-14(18)17-11-3-4-12(15)13(7-11)16-8-10-5-6-19-9-10/h3-4,7,10,16H,2,5-6,8-9H2,1H3,(H,17,18). The molecule has 0 radical (unpaired) electrons. The summed E-state index contributed by atoms with van der Waals surface area (Å²) in [7, 11) is 0. The number of ether oxygens (including phenoxy) is 1. The number of carbonyl (C=O) groups is 1. The summed E-state index contributed by atoms with van der Waals surface area (Å²) in [4.78, 5) is 11.4. The molecule has 0 spiro atoms. The molecule has 0 saturated carbocycles. The molecule has 2 N–H and O–H groups in total. The van der Waals surface area contributed by atoms with Gasteiger partial charge in [-0.2, -0.15) is 0 Å². The van der Waals surface area contributed by atoms with Crippen LogP contribution in [-0.4, -0.2) is 25.7 Å². The van der Waals surface area contributed by atoms with Crippen LogP contribution < -0.4 is 10.6 Å². The van der Waals surface area contributed by atoms with Crippen molar-refractivity contribution >= 4 is 28.9 Å². The Morgan fingerprint density at radius 1 is 1.53 bits per heavy atom. The van der Waals surface area contributed by atoms with Crippen molar-refractivity contribution in [3.05, 3.63) is 23.2 Å². The highest BCUT2D eigenvalue weighted by molar-refractivity contribution is 6.33. The van der Waals surface area contributed by atoms with Gasteiger partial charge in [0.15, 0.2) is 0 Å². The first-order chi connectivity index (χ1) is 9.19. The second kappa shape index (κ2) is 6.78. The first kappa shape index (κ1) is 14.2. The van der Waals surface area contributed by atoms with Crippen molar-refractivity contribution in [2.75, 3.05) is 30.4 Å². The number of amides is 1. The molecule has 1 fully saturated rings. The molecular weight excluding hydrogens is 264 g/mol. The largest absolute Gasteiger partial charge is 0.383 e. The van der Waals surface area contributed by atoms with E-state index in [2.05, 4.69) is 10.6 Å². The summed E-state index contributed by atoms with van der Waals surface area (Å²) in [5, 5.41) is 6.81. The van der Waals surface area contributed by atoms with E-state index in [1.165, 1.54) is 0 Å². The quantitative estimate of drug-likeness (QED) is 0.872. The van der Waals surface area contributed by atoms with E-state index in [-0.39, 0.29) is 5.91 Å². The molecule has 104 valence electrons. The van der Waals surface area contributed by atoms with E-state index in [4.69, 9.17) is 16.3 Å². The monoisotopic (exact) mass is 282 g/mol. The zero-order valence-electron chi connectivity index (χ0n) is 11.0. The smallest absolute Gasteiger partial charge is 0.224 e. The zero-order chi connectivity index (χ0) is 13.7. The Morgan fingerprint density at radius 3 is 3.05 bits per heavy atom. The Balaban J connectivity index is 1.97. The Bertz CT molecular complexity index is 445. The van der Waals surface area contributed by atoms with Gasteiger partial charge < -0.3 is 15.4 Å². The van der Waals surface area contributed by atoms with Crippen molar-refractivity contribution in [3.8, 4) is 0 Å². The van der Waals surface area contributed by atoms with Crippen LogP contribution in [0.15, 0.2) is 18.2 Å². The van der Waals surface area contributed by atoms with Gasteiger partial charge in [-0.15, -0.1) is 0 Å². The molecule has 5 heteroatoms. The van der Waals surface area contributed by atoms with E-state index in [9.17, 15) is 4.79 Å². The van der Waals surface area contributed by atoms with Crippen molar-refractivity contribution in [1.29, 1.82) is 0 Å². The number of hydrogen-bond donors (Lipinski definition) is 2. The third kappa shape index (κ3) is 4.11. The lowest BCUT2D eigenvalue weighted by atomic mass is 10.1. The van der Waals surface area contributed by atoms with E-state index >= 15 is 0 Å². The molecule has 1 aliphatic rings. The Hall–Kier alpha value is -1.26. The number of benzene rings is 1. The minimum absolute atomic E-state index is 0.00235. The van der Waals surface area contributed by atoms with Crippen molar-refractivity contribution in [2.45, 2.75) is 19.8 Å². The van der Waals surface area contributed by atoms with Gasteiger partial charge in [0.2, 0.25) is 5.91 Å². The Morgan fingerprint density at radius 2 is 2.37 bits per heavy atom. The van der Waals surface area contributed by atoms with Crippen LogP contribution in [-0.2, 0) is 9.53 Å². The summed E-state index contributed by atoms with van der Waals surface area (Å²) in [6.45, 7) is 4.30. The second-order valence-corrected chi connectivity index (χ2v) is 5.11. The van der Waals surface area contributed by atoms with Gasteiger partial charge in [0, 0.05) is 31.2 Å². The molecule has 0 aromatic heterocycles. The topological polar surface area (TPSA) is 50.4 Å². The number of hydrogen-bond acceptors (Lipinski definition) is 3. The van der Waals surface area contributed by atoms with Gasteiger partial charge in [-0.1, -0.05) is 18.5 Å². The number of carbonyl (C=O) groups excluding carboxylic acids is 1. The van der Waals surface area contributed by atoms with E-state index in [0.717, 1.165) is 37.6 Å². The normalized spacial score (nSPS) is 18.3. The second-order valence-electron chi connectivity index (χ2n) is 4.71. The van der Waals surface area contributed by atoms with Gasteiger partial charge in [-0.05, 0) is 24.6 Å². The summed E-state index contributed by atoms with van der Waals surface area (Å²) in [5.74, 6) is 0.530. The fourth-order valence-corrected chi connectivity index (χ4v) is 2.17. The van der Waals surface area contributed by atoms with E-state index in [1.807, 2.05) is 13.0 Å². The maximum atomic E-state index is 11.4. The molecule has 2 rings (SSSR count). The van der Waals surface area contributed by atoms with Crippen LogP contribution in [0.4, 0.5) is 11.4 Å². The van der Waals surface area contributed by atoms with Gasteiger partial charge in [0.1, 0.15) is 0 Å². The zero-order valence-corrected chi connectivity index (χ0v) is 11.8. The summed E-state index contributed by atoms with van der Waals surface area (Å²) < 4.78 is 5.34. The average molecular weight is 283 g/mol. The lowest BCUT2D eigenvalue weighted by Crippen LogP contribution is -2.15. The van der Waals surface area contributed by atoms with Gasteiger partial charge >= 0.3 is 0 Å². The summed E-state index contributed by atoms with van der Waals surface area (Å²) in [5.41, 5.74) is 1.61. The predicted octanol–water partition coefficient (Wildman–Crippen LogP) is 3.14. The molecule has 19 heavy (non-hydrogen) atoms. The first-order valence-electron chi connectivity index (χ1n) is 6.60. The third-order valence-electron chi connectivity index (χ3n) is 3.18. The van der Waals surface area contributed by atoms with Gasteiger partial charge in [0.25, 0.3) is 0 Å². The van der Waals surface area contributed by atoms with E-state index in [0.29, 0.717) is 17.4 Å². The highest BCUT2D eigenvalue weighted by Crippen LogP contribution is 2.26. The third-order valence-corrected chi connectivity index (χ3v) is 3.51. The molecule has 1 aromatic carbocycles. The molecule has 1 heterocycles. The first-order valence-corrected chi connectivity index (χ1v) is 6.98. The molecule has 1 amide bonds. The van der Waals surface area contributed by atoms with E-state index < -0.39 is 0 Å². The number of nitrogens with one attached hydrogen (secondary N) is 2. The maximum absolute atomic E-state index is 11.4. The molecule has 1 unspecified atom stereocenters. The lowest BCUT2D eigenvalue weighted by molar-refractivity contribution is -0.115. The fourth-order valence-electron chi connectivity index (χ4n) is 1.99. The highest BCUT2D eigenvalue weighted by atomic mass is 35.5. The minimum atomic E-state index is -0.00235. The van der Waals surface area contributed by atoms with Crippen LogP contribution >= 0.6 is 11.6 Å².